The number of carbonyl (C=O) groups excluding carboxylic acids is 2. The molecule has 4 rings (SSSR count). The van der Waals surface area contributed by atoms with Crippen molar-refractivity contribution in [2.24, 2.45) is 0 Å². The van der Waals surface area contributed by atoms with Gasteiger partial charge < -0.3 is 10.1 Å². The molecule has 1 aliphatic heterocycles. The van der Waals surface area contributed by atoms with Gasteiger partial charge in [-0.15, -0.1) is 0 Å². The van der Waals surface area contributed by atoms with Gasteiger partial charge in [0, 0.05) is 12.5 Å². The predicted octanol–water partition coefficient (Wildman–Crippen LogP) is 4.99. The van der Waals surface area contributed by atoms with Crippen molar-refractivity contribution in [1.29, 1.82) is 0 Å². The Morgan fingerprint density at radius 3 is 2.31 bits per heavy atom. The van der Waals surface area contributed by atoms with Crippen LogP contribution in [0.4, 0.5) is 28.0 Å². The van der Waals surface area contributed by atoms with Gasteiger partial charge in [0.25, 0.3) is 0 Å². The first-order valence-corrected chi connectivity index (χ1v) is 13.5. The summed E-state index contributed by atoms with van der Waals surface area (Å²) < 4.78 is 83.5. The average molecular weight is 565 g/mol. The van der Waals surface area contributed by atoms with Gasteiger partial charge in [-0.1, -0.05) is 24.3 Å². The topological polar surface area (TPSA) is 92.8 Å². The highest BCUT2D eigenvalue weighted by molar-refractivity contribution is 7.91. The van der Waals surface area contributed by atoms with Crippen LogP contribution in [0, 0.1) is 5.82 Å². The number of hydrogen-bond acceptors (Lipinski definition) is 5. The van der Waals surface area contributed by atoms with E-state index in [2.05, 4.69) is 5.32 Å². The lowest BCUT2D eigenvalue weighted by Gasteiger charge is -2.15. The maximum absolute atomic E-state index is 15.0. The van der Waals surface area contributed by atoms with Crippen LogP contribution in [0.25, 0.3) is 11.1 Å². The van der Waals surface area contributed by atoms with Crippen molar-refractivity contribution in [2.45, 2.75) is 30.5 Å². The largest absolute Gasteiger partial charge is 0.442 e. The number of aryl methyl sites for hydroxylation is 1. The molecule has 0 unspecified atom stereocenters. The normalized spacial score (nSPS) is 15.8. The molecule has 0 aliphatic carbocycles. The van der Waals surface area contributed by atoms with Crippen LogP contribution < -0.4 is 10.2 Å². The third-order valence-electron chi connectivity index (χ3n) is 6.18. The summed E-state index contributed by atoms with van der Waals surface area (Å²) in [7, 11) is -3.81. The van der Waals surface area contributed by atoms with E-state index in [1.807, 2.05) is 0 Å². The van der Waals surface area contributed by atoms with Crippen molar-refractivity contribution in [3.05, 3.63) is 83.7 Å². The van der Waals surface area contributed by atoms with E-state index in [-0.39, 0.29) is 41.6 Å². The van der Waals surface area contributed by atoms with Crippen molar-refractivity contribution in [1.82, 2.24) is 5.32 Å². The van der Waals surface area contributed by atoms with E-state index in [0.29, 0.717) is 16.8 Å². The van der Waals surface area contributed by atoms with E-state index in [1.165, 1.54) is 24.0 Å². The smallest absolute Gasteiger partial charge is 0.416 e. The number of hydrogen-bond donors (Lipinski definition) is 1. The Morgan fingerprint density at radius 2 is 1.72 bits per heavy atom. The zero-order chi connectivity index (χ0) is 28.4. The average Bonchev–Trinajstić information content (AvgIpc) is 3.26. The summed E-state index contributed by atoms with van der Waals surface area (Å²) in [6.45, 7) is 1.65. The van der Waals surface area contributed by atoms with Gasteiger partial charge in [-0.05, 0) is 60.0 Å². The van der Waals surface area contributed by atoms with E-state index >= 15 is 0 Å². The van der Waals surface area contributed by atoms with Crippen molar-refractivity contribution < 1.29 is 40.3 Å². The summed E-state index contributed by atoms with van der Waals surface area (Å²) in [6.07, 6.45) is -5.64. The highest BCUT2D eigenvalue weighted by Crippen LogP contribution is 2.31. The number of sulfone groups is 1. The van der Waals surface area contributed by atoms with Crippen molar-refractivity contribution in [3.8, 4) is 11.1 Å². The number of benzene rings is 3. The van der Waals surface area contributed by atoms with Gasteiger partial charge in [0.05, 0.1) is 35.0 Å². The maximum Gasteiger partial charge on any atom is 0.416 e. The number of alkyl halides is 3. The van der Waals surface area contributed by atoms with Crippen molar-refractivity contribution >= 4 is 27.5 Å². The van der Waals surface area contributed by atoms with Gasteiger partial charge in [0.1, 0.15) is 11.9 Å². The van der Waals surface area contributed by atoms with E-state index in [0.717, 1.165) is 24.3 Å². The summed E-state index contributed by atoms with van der Waals surface area (Å²) in [5.74, 6) is -1.15. The second kappa shape index (κ2) is 11.0. The predicted molar refractivity (Wildman–Crippen MR) is 135 cm³/mol. The molecule has 3 aromatic rings. The number of carbonyl (C=O) groups is 2. The highest BCUT2D eigenvalue weighted by atomic mass is 32.2. The molecule has 0 aromatic heterocycles. The standard InChI is InChI=1S/C27H24F4N2O5S/c1-17(34)32-15-22-16-33(26(35)38-22)21-8-11-24(25(28)14-21)19-4-2-18(3-5-19)12-13-39(36,37)23-9-6-20(7-10-23)27(29,30)31/h2-11,14,22H,12-13,15-16H2,1H3,(H,32,34)/t22-/m0/s1. The molecular formula is C27H24F4N2O5S. The Bertz CT molecular complexity index is 1470. The molecule has 39 heavy (non-hydrogen) atoms. The zero-order valence-corrected chi connectivity index (χ0v) is 21.5. The molecule has 12 heteroatoms. The zero-order valence-electron chi connectivity index (χ0n) is 20.7. The first-order chi connectivity index (χ1) is 18.3. The number of amides is 2. The van der Waals surface area contributed by atoms with Crippen LogP contribution in [0.3, 0.4) is 0 Å². The molecule has 1 atom stereocenters. The lowest BCUT2D eigenvalue weighted by atomic mass is 10.0. The third kappa shape index (κ3) is 6.75. The van der Waals surface area contributed by atoms with Gasteiger partial charge in [0.15, 0.2) is 9.84 Å². The molecule has 7 nitrogen and oxygen atoms in total. The summed E-state index contributed by atoms with van der Waals surface area (Å²) >= 11 is 0. The number of nitrogens with one attached hydrogen (secondary N) is 1. The van der Waals surface area contributed by atoms with E-state index in [1.54, 1.807) is 30.3 Å². The fourth-order valence-electron chi connectivity index (χ4n) is 4.07. The molecule has 1 heterocycles. The second-order valence-electron chi connectivity index (χ2n) is 9.01. The van der Waals surface area contributed by atoms with E-state index in [4.69, 9.17) is 4.74 Å². The lowest BCUT2D eigenvalue weighted by Crippen LogP contribution is -2.33. The molecule has 1 saturated heterocycles. The summed E-state index contributed by atoms with van der Waals surface area (Å²) in [5.41, 5.74) is 0.822. The monoisotopic (exact) mass is 564 g/mol. The summed E-state index contributed by atoms with van der Waals surface area (Å²) in [5, 5.41) is 2.57. The third-order valence-corrected chi connectivity index (χ3v) is 7.91. The molecule has 0 saturated carbocycles. The SMILES string of the molecule is CC(=O)NC[C@H]1CN(c2ccc(-c3ccc(CCS(=O)(=O)c4ccc(C(F)(F)F)cc4)cc3)c(F)c2)C(=O)O1. The molecule has 206 valence electrons. The summed E-state index contributed by atoms with van der Waals surface area (Å²) in [6, 6.07) is 14.2. The van der Waals surface area contributed by atoms with Crippen LogP contribution >= 0.6 is 0 Å². The van der Waals surface area contributed by atoms with Crippen LogP contribution in [0.2, 0.25) is 0 Å². The minimum atomic E-state index is -4.55. The van der Waals surface area contributed by atoms with Crippen molar-refractivity contribution in [2.75, 3.05) is 23.7 Å². The Balaban J connectivity index is 1.40. The fourth-order valence-corrected chi connectivity index (χ4v) is 5.37. The molecule has 1 fully saturated rings. The second-order valence-corrected chi connectivity index (χ2v) is 11.1. The molecule has 0 bridgehead atoms. The van der Waals surface area contributed by atoms with Gasteiger partial charge in [-0.2, -0.15) is 13.2 Å². The molecule has 0 radical (unpaired) electrons. The Hall–Kier alpha value is -3.93. The van der Waals surface area contributed by atoms with Gasteiger partial charge >= 0.3 is 12.3 Å². The van der Waals surface area contributed by atoms with Gasteiger partial charge in [-0.3, -0.25) is 9.69 Å². The van der Waals surface area contributed by atoms with Crippen molar-refractivity contribution in [3.63, 3.8) is 0 Å². The lowest BCUT2D eigenvalue weighted by molar-refractivity contribution is -0.137. The van der Waals surface area contributed by atoms with E-state index in [9.17, 15) is 35.6 Å². The molecule has 3 aromatic carbocycles. The first kappa shape index (κ1) is 28.1. The molecule has 2 amide bonds. The summed E-state index contributed by atoms with van der Waals surface area (Å²) in [4.78, 5) is 24.3. The number of nitrogens with zero attached hydrogens (tertiary/aromatic N) is 1. The molecular weight excluding hydrogens is 540 g/mol. The van der Waals surface area contributed by atoms with Crippen LogP contribution in [0.15, 0.2) is 71.6 Å². The minimum absolute atomic E-state index is 0.113. The highest BCUT2D eigenvalue weighted by Gasteiger charge is 2.33. The number of cyclic esters (lactones) is 1. The van der Waals surface area contributed by atoms with Gasteiger partial charge in [0.2, 0.25) is 5.91 Å². The number of ether oxygens (including phenoxy) is 1. The maximum atomic E-state index is 15.0. The first-order valence-electron chi connectivity index (χ1n) is 11.8. The molecule has 1 aliphatic rings. The fraction of sp³-hybridized carbons (Fsp3) is 0.259. The van der Waals surface area contributed by atoms with Gasteiger partial charge in [-0.25, -0.2) is 17.6 Å². The van der Waals surface area contributed by atoms with Crippen LogP contribution in [-0.2, 0) is 32.0 Å². The minimum Gasteiger partial charge on any atom is -0.442 e. The van der Waals surface area contributed by atoms with Crippen LogP contribution in [0.5, 0.6) is 0 Å². The van der Waals surface area contributed by atoms with E-state index < -0.39 is 39.6 Å². The Labute approximate surface area is 222 Å². The van der Waals surface area contributed by atoms with Crippen LogP contribution in [-0.4, -0.2) is 45.4 Å². The van der Waals surface area contributed by atoms with Crippen LogP contribution in [0.1, 0.15) is 18.1 Å². The molecule has 0 spiro atoms. The number of halogens is 4. The molecule has 1 N–H and O–H groups in total. The number of rotatable bonds is 8. The Morgan fingerprint density at radius 1 is 1.05 bits per heavy atom. The number of anilines is 1. The Kier molecular flexibility index (Phi) is 7.96. The quantitative estimate of drug-likeness (QED) is 0.390.